The number of nitrogens with one attached hydrogen (secondary N) is 3. The Balaban J connectivity index is 1.60. The summed E-state index contributed by atoms with van der Waals surface area (Å²) in [6, 6.07) is 2.57. The third-order valence-corrected chi connectivity index (χ3v) is 5.71. The number of amides is 1. The molecule has 9 nitrogen and oxygen atoms in total. The standard InChI is InChI=1S/C23H29F2N7O2/c1-4-19(33)29-20-17(24)9-14(10-18(20)25)11-26-23-31-22(28-15-5-7-34-8-6-15)30-21-16(13(2)3)12-27-32(21)23/h9-10,12-13,15H,4-8,11H2,1-3H3,(H,29,33)(H2,26,28,30,31). The number of fused-ring (bicyclic) bond motifs is 1. The van der Waals surface area contributed by atoms with Gasteiger partial charge in [0.05, 0.1) is 6.20 Å². The first-order chi connectivity index (χ1) is 16.4. The summed E-state index contributed by atoms with van der Waals surface area (Å²) in [4.78, 5) is 20.8. The number of carbonyl (C=O) groups excluding carboxylic acids is 1. The Bertz CT molecular complexity index is 1150. The molecule has 0 spiro atoms. The van der Waals surface area contributed by atoms with E-state index in [2.05, 4.69) is 44.9 Å². The van der Waals surface area contributed by atoms with Crippen molar-refractivity contribution >= 4 is 29.1 Å². The van der Waals surface area contributed by atoms with E-state index < -0.39 is 23.2 Å². The van der Waals surface area contributed by atoms with Crippen LogP contribution < -0.4 is 16.0 Å². The van der Waals surface area contributed by atoms with Crippen LogP contribution in [0.25, 0.3) is 5.65 Å². The summed E-state index contributed by atoms with van der Waals surface area (Å²) in [6.45, 7) is 7.18. The highest BCUT2D eigenvalue weighted by molar-refractivity contribution is 5.90. The van der Waals surface area contributed by atoms with E-state index in [1.54, 1.807) is 17.6 Å². The maximum Gasteiger partial charge on any atom is 0.229 e. The van der Waals surface area contributed by atoms with Gasteiger partial charge >= 0.3 is 0 Å². The van der Waals surface area contributed by atoms with Crippen molar-refractivity contribution in [1.29, 1.82) is 0 Å². The molecule has 4 rings (SSSR count). The van der Waals surface area contributed by atoms with Gasteiger partial charge < -0.3 is 20.7 Å². The number of rotatable bonds is 8. The third kappa shape index (κ3) is 5.24. The molecule has 2 aromatic heterocycles. The molecule has 3 N–H and O–H groups in total. The van der Waals surface area contributed by atoms with Gasteiger partial charge in [-0.05, 0) is 36.5 Å². The second-order valence-electron chi connectivity index (χ2n) is 8.58. The number of hydrogen-bond acceptors (Lipinski definition) is 7. The van der Waals surface area contributed by atoms with Crippen molar-refractivity contribution in [3.8, 4) is 0 Å². The van der Waals surface area contributed by atoms with E-state index in [4.69, 9.17) is 4.74 Å². The molecule has 0 atom stereocenters. The molecule has 34 heavy (non-hydrogen) atoms. The highest BCUT2D eigenvalue weighted by atomic mass is 19.1. The van der Waals surface area contributed by atoms with Gasteiger partial charge in [0.2, 0.25) is 17.8 Å². The Morgan fingerprint density at radius 1 is 1.21 bits per heavy atom. The molecule has 1 fully saturated rings. The first-order valence-electron chi connectivity index (χ1n) is 11.5. The van der Waals surface area contributed by atoms with Gasteiger partial charge in [0, 0.05) is 37.8 Å². The minimum Gasteiger partial charge on any atom is -0.381 e. The van der Waals surface area contributed by atoms with E-state index in [0.717, 1.165) is 18.4 Å². The molecular formula is C23H29F2N7O2. The third-order valence-electron chi connectivity index (χ3n) is 5.71. The molecule has 1 amide bonds. The molecule has 182 valence electrons. The number of nitrogens with zero attached hydrogens (tertiary/aromatic N) is 4. The summed E-state index contributed by atoms with van der Waals surface area (Å²) in [5.74, 6) is -1.08. The summed E-state index contributed by atoms with van der Waals surface area (Å²) < 4.78 is 35.9. The summed E-state index contributed by atoms with van der Waals surface area (Å²) in [5.41, 5.74) is 1.54. The predicted octanol–water partition coefficient (Wildman–Crippen LogP) is 4.08. The fraction of sp³-hybridized carbons (Fsp3) is 0.478. The van der Waals surface area contributed by atoms with E-state index in [1.807, 2.05) is 0 Å². The molecule has 1 aliphatic heterocycles. The molecule has 1 saturated heterocycles. The fourth-order valence-electron chi connectivity index (χ4n) is 3.76. The molecule has 0 unspecified atom stereocenters. The van der Waals surface area contributed by atoms with Crippen LogP contribution in [0, 0.1) is 11.6 Å². The Kier molecular flexibility index (Phi) is 7.20. The van der Waals surface area contributed by atoms with Gasteiger partial charge in [0.25, 0.3) is 0 Å². The molecule has 1 aliphatic rings. The van der Waals surface area contributed by atoms with Gasteiger partial charge in [-0.15, -0.1) is 0 Å². The minimum atomic E-state index is -0.838. The summed E-state index contributed by atoms with van der Waals surface area (Å²) in [7, 11) is 0. The number of ether oxygens (including phenoxy) is 1. The van der Waals surface area contributed by atoms with Gasteiger partial charge in [-0.2, -0.15) is 19.6 Å². The molecule has 11 heteroatoms. The first-order valence-corrected chi connectivity index (χ1v) is 11.5. The monoisotopic (exact) mass is 473 g/mol. The lowest BCUT2D eigenvalue weighted by Crippen LogP contribution is -2.29. The fourth-order valence-corrected chi connectivity index (χ4v) is 3.76. The van der Waals surface area contributed by atoms with Crippen molar-refractivity contribution in [1.82, 2.24) is 19.6 Å². The van der Waals surface area contributed by atoms with Gasteiger partial charge in [-0.3, -0.25) is 4.79 Å². The average Bonchev–Trinajstić information content (AvgIpc) is 3.25. The Hall–Kier alpha value is -3.34. The molecule has 0 radical (unpaired) electrons. The molecule has 1 aromatic carbocycles. The van der Waals surface area contributed by atoms with Crippen LogP contribution in [-0.4, -0.2) is 44.7 Å². The average molecular weight is 474 g/mol. The van der Waals surface area contributed by atoms with Gasteiger partial charge in [-0.1, -0.05) is 20.8 Å². The molecule has 0 saturated carbocycles. The van der Waals surface area contributed by atoms with Crippen molar-refractivity contribution in [2.45, 2.75) is 58.5 Å². The van der Waals surface area contributed by atoms with Crippen LogP contribution in [0.2, 0.25) is 0 Å². The van der Waals surface area contributed by atoms with E-state index in [0.29, 0.717) is 36.3 Å². The number of hydrogen-bond donors (Lipinski definition) is 3. The Morgan fingerprint density at radius 2 is 1.91 bits per heavy atom. The normalized spacial score (nSPS) is 14.5. The zero-order valence-electron chi connectivity index (χ0n) is 19.5. The van der Waals surface area contributed by atoms with Crippen LogP contribution in [0.5, 0.6) is 0 Å². The second-order valence-corrected chi connectivity index (χ2v) is 8.58. The number of benzene rings is 1. The van der Waals surface area contributed by atoms with Crippen LogP contribution in [0.4, 0.5) is 26.4 Å². The van der Waals surface area contributed by atoms with Gasteiger partial charge in [0.1, 0.15) is 17.3 Å². The zero-order valence-corrected chi connectivity index (χ0v) is 19.5. The van der Waals surface area contributed by atoms with E-state index in [-0.39, 0.29) is 24.9 Å². The van der Waals surface area contributed by atoms with Crippen molar-refractivity contribution < 1.29 is 18.3 Å². The van der Waals surface area contributed by atoms with Crippen LogP contribution in [0.3, 0.4) is 0 Å². The number of aromatic nitrogens is 4. The number of carbonyl (C=O) groups is 1. The molecular weight excluding hydrogens is 444 g/mol. The smallest absolute Gasteiger partial charge is 0.229 e. The molecule has 3 aromatic rings. The topological polar surface area (TPSA) is 105 Å². The predicted molar refractivity (Wildman–Crippen MR) is 125 cm³/mol. The van der Waals surface area contributed by atoms with Crippen LogP contribution in [0.15, 0.2) is 18.3 Å². The summed E-state index contributed by atoms with van der Waals surface area (Å²) >= 11 is 0. The SMILES string of the molecule is CCC(=O)Nc1c(F)cc(CNc2nc(NC3CCOCC3)nc3c(C(C)C)cnn23)cc1F. The maximum absolute atomic E-state index is 14.5. The number of halogens is 2. The summed E-state index contributed by atoms with van der Waals surface area (Å²) in [6.07, 6.45) is 3.58. The van der Waals surface area contributed by atoms with E-state index in [9.17, 15) is 13.6 Å². The maximum atomic E-state index is 14.5. The highest BCUT2D eigenvalue weighted by Crippen LogP contribution is 2.25. The second kappa shape index (κ2) is 10.3. The Morgan fingerprint density at radius 3 is 2.56 bits per heavy atom. The first kappa shape index (κ1) is 23.8. The zero-order chi connectivity index (χ0) is 24.2. The minimum absolute atomic E-state index is 0.0928. The largest absolute Gasteiger partial charge is 0.381 e. The van der Waals surface area contributed by atoms with Crippen LogP contribution >= 0.6 is 0 Å². The van der Waals surface area contributed by atoms with Gasteiger partial charge in [-0.25, -0.2) is 8.78 Å². The van der Waals surface area contributed by atoms with Crippen molar-refractivity contribution in [3.63, 3.8) is 0 Å². The molecule has 0 bridgehead atoms. The molecule has 0 aliphatic carbocycles. The lowest BCUT2D eigenvalue weighted by atomic mass is 10.1. The quantitative estimate of drug-likeness (QED) is 0.453. The lowest BCUT2D eigenvalue weighted by Gasteiger charge is -2.23. The summed E-state index contributed by atoms with van der Waals surface area (Å²) in [5, 5.41) is 13.2. The number of anilines is 3. The van der Waals surface area contributed by atoms with E-state index >= 15 is 0 Å². The van der Waals surface area contributed by atoms with Crippen molar-refractivity contribution in [2.24, 2.45) is 0 Å². The lowest BCUT2D eigenvalue weighted by molar-refractivity contribution is -0.115. The Labute approximate surface area is 196 Å². The van der Waals surface area contributed by atoms with Gasteiger partial charge in [0.15, 0.2) is 5.65 Å². The van der Waals surface area contributed by atoms with Crippen molar-refractivity contribution in [2.75, 3.05) is 29.2 Å². The van der Waals surface area contributed by atoms with Crippen LogP contribution in [-0.2, 0) is 16.1 Å². The van der Waals surface area contributed by atoms with Crippen LogP contribution in [0.1, 0.15) is 57.1 Å². The molecule has 3 heterocycles. The van der Waals surface area contributed by atoms with Crippen molar-refractivity contribution in [3.05, 3.63) is 41.1 Å². The van der Waals surface area contributed by atoms with E-state index in [1.165, 1.54) is 12.1 Å². The highest BCUT2D eigenvalue weighted by Gasteiger charge is 2.19.